The number of rotatable bonds is 3. The van der Waals surface area contributed by atoms with Crippen LogP contribution in [0.4, 0.5) is 5.82 Å². The molecule has 11 nitrogen and oxygen atoms in total. The predicted molar refractivity (Wildman–Crippen MR) is 110 cm³/mol. The molecule has 5 rings (SSSR count). The Bertz CT molecular complexity index is 1250. The summed E-state index contributed by atoms with van der Waals surface area (Å²) in [6, 6.07) is -0.531. The molecular weight excluding hydrogens is 400 g/mol. The zero-order valence-corrected chi connectivity index (χ0v) is 17.2. The minimum atomic E-state index is -1.16. The summed E-state index contributed by atoms with van der Waals surface area (Å²) in [5.41, 5.74) is 0.755. The molecule has 160 valence electrons. The van der Waals surface area contributed by atoms with E-state index in [1.54, 1.807) is 35.0 Å². The van der Waals surface area contributed by atoms with E-state index in [0.717, 1.165) is 5.56 Å². The minimum absolute atomic E-state index is 0.215. The first-order valence-corrected chi connectivity index (χ1v) is 9.92. The van der Waals surface area contributed by atoms with Gasteiger partial charge in [0.15, 0.2) is 17.0 Å². The summed E-state index contributed by atoms with van der Waals surface area (Å²) in [6.07, 6.45) is 3.22. The molecule has 2 fully saturated rings. The maximum atomic E-state index is 12.4. The number of carbonyl (C=O) groups excluding carboxylic acids is 1. The van der Waals surface area contributed by atoms with Gasteiger partial charge in [-0.15, -0.1) is 0 Å². The van der Waals surface area contributed by atoms with E-state index in [9.17, 15) is 15.0 Å². The summed E-state index contributed by atoms with van der Waals surface area (Å²) in [5, 5.41) is 31.1. The van der Waals surface area contributed by atoms with Crippen molar-refractivity contribution in [2.75, 3.05) is 19.4 Å². The topological polar surface area (TPSA) is 143 Å². The molecule has 2 unspecified atom stereocenters. The van der Waals surface area contributed by atoms with Crippen LogP contribution in [-0.2, 0) is 11.8 Å². The smallest absolute Gasteiger partial charge is 0.229 e. The Morgan fingerprint density at radius 2 is 2.10 bits per heavy atom. The van der Waals surface area contributed by atoms with Crippen molar-refractivity contribution in [2.24, 2.45) is 18.4 Å². The van der Waals surface area contributed by atoms with Gasteiger partial charge in [-0.1, -0.05) is 5.92 Å². The molecule has 0 radical (unpaired) electrons. The van der Waals surface area contributed by atoms with Gasteiger partial charge in [0.05, 0.1) is 35.6 Å². The van der Waals surface area contributed by atoms with Gasteiger partial charge < -0.3 is 25.4 Å². The van der Waals surface area contributed by atoms with Crippen LogP contribution in [0.25, 0.3) is 11.2 Å². The first-order chi connectivity index (χ1) is 14.9. The molecule has 0 bridgehead atoms. The van der Waals surface area contributed by atoms with Crippen LogP contribution in [0.3, 0.4) is 0 Å². The van der Waals surface area contributed by atoms with Gasteiger partial charge >= 0.3 is 0 Å². The normalized spacial score (nSPS) is 28.7. The summed E-state index contributed by atoms with van der Waals surface area (Å²) >= 11 is 0. The van der Waals surface area contributed by atoms with E-state index in [0.29, 0.717) is 23.4 Å². The number of hydrogen-bond donors (Lipinski definition) is 4. The SMILES string of the molecule is CNC(=O)[C@]12CC1[C@@H](n1cnc3c(NC)nc(C#Cc4cnn(C)c4)nc31)[C@H](O)C2O. The Morgan fingerprint density at radius 3 is 2.77 bits per heavy atom. The molecule has 2 aliphatic rings. The molecular formula is C20H22N8O3. The van der Waals surface area contributed by atoms with Crippen molar-refractivity contribution in [1.29, 1.82) is 0 Å². The lowest BCUT2D eigenvalue weighted by molar-refractivity contribution is -0.132. The largest absolute Gasteiger partial charge is 0.389 e. The molecule has 2 saturated carbocycles. The molecule has 0 saturated heterocycles. The van der Waals surface area contributed by atoms with E-state index in [-0.39, 0.29) is 17.6 Å². The predicted octanol–water partition coefficient (Wildman–Crippen LogP) is -0.970. The van der Waals surface area contributed by atoms with Gasteiger partial charge in [-0.2, -0.15) is 5.10 Å². The highest BCUT2D eigenvalue weighted by Gasteiger charge is 2.75. The van der Waals surface area contributed by atoms with Gasteiger partial charge in [0.25, 0.3) is 0 Å². The number of anilines is 1. The fraction of sp³-hybridized carbons (Fsp3) is 0.450. The Morgan fingerprint density at radius 1 is 1.29 bits per heavy atom. The zero-order valence-electron chi connectivity index (χ0n) is 17.2. The van der Waals surface area contributed by atoms with E-state index >= 15 is 0 Å². The summed E-state index contributed by atoms with van der Waals surface area (Å²) in [6.45, 7) is 0. The minimum Gasteiger partial charge on any atom is -0.389 e. The van der Waals surface area contributed by atoms with Crippen molar-refractivity contribution < 1.29 is 15.0 Å². The van der Waals surface area contributed by atoms with Crippen molar-refractivity contribution in [3.8, 4) is 11.8 Å². The lowest BCUT2D eigenvalue weighted by Gasteiger charge is -2.23. The number of nitrogens with one attached hydrogen (secondary N) is 2. The van der Waals surface area contributed by atoms with Gasteiger partial charge in [-0.3, -0.25) is 9.48 Å². The maximum absolute atomic E-state index is 12.4. The molecule has 4 N–H and O–H groups in total. The van der Waals surface area contributed by atoms with Crippen molar-refractivity contribution in [1.82, 2.24) is 34.6 Å². The lowest BCUT2D eigenvalue weighted by atomic mass is 9.98. The standard InChI is InChI=1S/C20H22N8O3/c1-21-17-13-18(26-12(25-17)5-4-10-7-24-27(3)8-10)28(9-23-13)14-11-6-20(11,19(31)22-2)16(30)15(14)29/h7-9,11,14-16,29-30H,6H2,1-3H3,(H,22,31)(H,21,25,26)/t11?,14-,15+,16?,20-/m1/s1. The van der Waals surface area contributed by atoms with Gasteiger partial charge in [0.2, 0.25) is 11.7 Å². The summed E-state index contributed by atoms with van der Waals surface area (Å²) < 4.78 is 3.38. The van der Waals surface area contributed by atoms with Crippen molar-refractivity contribution in [3.63, 3.8) is 0 Å². The third kappa shape index (κ3) is 2.72. The first-order valence-electron chi connectivity index (χ1n) is 9.92. The molecule has 3 aromatic heterocycles. The van der Waals surface area contributed by atoms with Gasteiger partial charge in [0, 0.05) is 33.3 Å². The second kappa shape index (κ2) is 6.76. The molecule has 0 spiro atoms. The highest BCUT2D eigenvalue weighted by atomic mass is 16.3. The van der Waals surface area contributed by atoms with Gasteiger partial charge in [0.1, 0.15) is 6.10 Å². The van der Waals surface area contributed by atoms with Gasteiger partial charge in [-0.05, 0) is 12.3 Å². The molecule has 2 aliphatic carbocycles. The zero-order chi connectivity index (χ0) is 21.9. The Balaban J connectivity index is 1.58. The number of aryl methyl sites for hydroxylation is 1. The maximum Gasteiger partial charge on any atom is 0.229 e. The number of aliphatic hydroxyl groups excluding tert-OH is 2. The number of hydrogen-bond acceptors (Lipinski definition) is 8. The average Bonchev–Trinajstić information content (AvgIpc) is 3.02. The molecule has 0 aromatic carbocycles. The fourth-order valence-electron chi connectivity index (χ4n) is 4.77. The van der Waals surface area contributed by atoms with E-state index in [1.165, 1.54) is 7.05 Å². The average molecular weight is 422 g/mol. The molecule has 1 amide bonds. The van der Waals surface area contributed by atoms with Crippen LogP contribution in [0.1, 0.15) is 23.9 Å². The Kier molecular flexibility index (Phi) is 4.25. The van der Waals surface area contributed by atoms with Crippen LogP contribution >= 0.6 is 0 Å². The quantitative estimate of drug-likeness (QED) is 0.395. The molecule has 5 atom stereocenters. The number of aromatic nitrogens is 6. The van der Waals surface area contributed by atoms with E-state index in [1.807, 2.05) is 7.05 Å². The summed E-state index contributed by atoms with van der Waals surface area (Å²) in [5.74, 6) is 6.23. The number of aliphatic hydroxyl groups is 2. The highest BCUT2D eigenvalue weighted by Crippen LogP contribution is 2.67. The van der Waals surface area contributed by atoms with Crippen molar-refractivity contribution >= 4 is 22.9 Å². The van der Waals surface area contributed by atoms with Crippen LogP contribution < -0.4 is 10.6 Å². The number of fused-ring (bicyclic) bond motifs is 2. The molecule has 3 aromatic rings. The van der Waals surface area contributed by atoms with Crippen LogP contribution in [0, 0.1) is 23.2 Å². The summed E-state index contributed by atoms with van der Waals surface area (Å²) in [4.78, 5) is 25.8. The van der Waals surface area contributed by atoms with E-state index in [4.69, 9.17) is 0 Å². The molecule has 31 heavy (non-hydrogen) atoms. The fourth-order valence-corrected chi connectivity index (χ4v) is 4.77. The monoisotopic (exact) mass is 422 g/mol. The van der Waals surface area contributed by atoms with Gasteiger partial charge in [-0.25, -0.2) is 15.0 Å². The molecule has 3 heterocycles. The number of carbonyl (C=O) groups is 1. The Hall–Kier alpha value is -3.49. The van der Waals surface area contributed by atoms with E-state index in [2.05, 4.69) is 42.5 Å². The van der Waals surface area contributed by atoms with Crippen molar-refractivity contribution in [2.45, 2.75) is 24.7 Å². The van der Waals surface area contributed by atoms with Crippen LogP contribution in [0.15, 0.2) is 18.7 Å². The lowest BCUT2D eigenvalue weighted by Crippen LogP contribution is -2.41. The third-order valence-corrected chi connectivity index (χ3v) is 6.33. The summed E-state index contributed by atoms with van der Waals surface area (Å²) in [7, 11) is 5.07. The van der Waals surface area contributed by atoms with E-state index < -0.39 is 23.7 Å². The van der Waals surface area contributed by atoms with Crippen LogP contribution in [0.2, 0.25) is 0 Å². The highest BCUT2D eigenvalue weighted by molar-refractivity contribution is 5.88. The van der Waals surface area contributed by atoms with Crippen LogP contribution in [0.5, 0.6) is 0 Å². The Labute approximate surface area is 177 Å². The second-order valence-corrected chi connectivity index (χ2v) is 7.98. The first kappa shape index (κ1) is 19.5. The molecule has 11 heteroatoms. The third-order valence-electron chi connectivity index (χ3n) is 6.33. The van der Waals surface area contributed by atoms with Crippen LogP contribution in [-0.4, -0.2) is 71.7 Å². The second-order valence-electron chi connectivity index (χ2n) is 7.98. The van der Waals surface area contributed by atoms with Crippen molar-refractivity contribution in [3.05, 3.63) is 30.1 Å². The number of amides is 1. The number of imidazole rings is 1. The number of nitrogens with zero attached hydrogens (tertiary/aromatic N) is 6. The molecule has 0 aliphatic heterocycles.